The van der Waals surface area contributed by atoms with Gasteiger partial charge in [0.15, 0.2) is 0 Å². The summed E-state index contributed by atoms with van der Waals surface area (Å²) in [6.07, 6.45) is 9.71. The Kier molecular flexibility index (Phi) is 4.30. The smallest absolute Gasteiger partial charge is 0.123 e. The van der Waals surface area contributed by atoms with Crippen LogP contribution in [0.2, 0.25) is 0 Å². The van der Waals surface area contributed by atoms with Crippen molar-refractivity contribution in [3.8, 4) is 6.07 Å². The van der Waals surface area contributed by atoms with E-state index in [0.717, 1.165) is 37.5 Å². The molecule has 0 N–H and O–H groups in total. The maximum atomic E-state index is 10.7. The molecule has 0 aromatic heterocycles. The van der Waals surface area contributed by atoms with Crippen molar-refractivity contribution in [2.75, 3.05) is 0 Å². The van der Waals surface area contributed by atoms with Gasteiger partial charge in [0.05, 0.1) is 11.6 Å². The minimum absolute atomic E-state index is 0.282. The Morgan fingerprint density at radius 3 is 2.22 bits per heavy atom. The lowest BCUT2D eigenvalue weighted by Gasteiger charge is -2.22. The molecule has 0 amide bonds. The maximum Gasteiger partial charge on any atom is 0.123 e. The van der Waals surface area contributed by atoms with Crippen molar-refractivity contribution < 1.29 is 4.79 Å². The summed E-state index contributed by atoms with van der Waals surface area (Å²) in [5, 5.41) is 8.71. The predicted molar refractivity (Wildman–Crippen MR) is 71.7 cm³/mol. The molecule has 0 heterocycles. The molecule has 1 aliphatic carbocycles. The van der Waals surface area contributed by atoms with E-state index in [2.05, 4.69) is 18.2 Å². The summed E-state index contributed by atoms with van der Waals surface area (Å²) in [6.45, 7) is 0. The lowest BCUT2D eigenvalue weighted by Crippen LogP contribution is -2.13. The van der Waals surface area contributed by atoms with Crippen molar-refractivity contribution >= 4 is 12.4 Å². The van der Waals surface area contributed by atoms with Crippen molar-refractivity contribution in [2.45, 2.75) is 25.7 Å². The SMILES string of the molecule is N#Cc1ccc(/C=C/C2CCC(C=O)CC2)cc1. The van der Waals surface area contributed by atoms with E-state index in [-0.39, 0.29) is 5.92 Å². The van der Waals surface area contributed by atoms with Gasteiger partial charge in [-0.3, -0.25) is 0 Å². The van der Waals surface area contributed by atoms with E-state index in [9.17, 15) is 4.79 Å². The summed E-state index contributed by atoms with van der Waals surface area (Å²) < 4.78 is 0. The Balaban J connectivity index is 1.91. The highest BCUT2D eigenvalue weighted by Crippen LogP contribution is 2.28. The summed E-state index contributed by atoms with van der Waals surface area (Å²) in [4.78, 5) is 10.7. The molecule has 0 aliphatic heterocycles. The molecule has 0 spiro atoms. The number of aldehydes is 1. The molecule has 1 aliphatic rings. The minimum atomic E-state index is 0.282. The van der Waals surface area contributed by atoms with Gasteiger partial charge in [0.1, 0.15) is 6.29 Å². The van der Waals surface area contributed by atoms with Crippen LogP contribution in [0, 0.1) is 23.2 Å². The van der Waals surface area contributed by atoms with E-state index >= 15 is 0 Å². The monoisotopic (exact) mass is 239 g/mol. The van der Waals surface area contributed by atoms with Gasteiger partial charge >= 0.3 is 0 Å². The molecule has 0 atom stereocenters. The number of nitrogens with zero attached hydrogens (tertiary/aromatic N) is 1. The third kappa shape index (κ3) is 3.30. The first kappa shape index (κ1) is 12.6. The fourth-order valence-corrected chi connectivity index (χ4v) is 2.39. The van der Waals surface area contributed by atoms with E-state index in [4.69, 9.17) is 5.26 Å². The van der Waals surface area contributed by atoms with E-state index < -0.39 is 0 Å². The number of hydrogen-bond donors (Lipinski definition) is 0. The van der Waals surface area contributed by atoms with Crippen molar-refractivity contribution in [1.82, 2.24) is 0 Å². The number of nitriles is 1. The Morgan fingerprint density at radius 2 is 1.67 bits per heavy atom. The second-order valence-electron chi connectivity index (χ2n) is 4.90. The zero-order valence-corrected chi connectivity index (χ0v) is 10.4. The molecular weight excluding hydrogens is 222 g/mol. The Bertz CT molecular complexity index is 459. The van der Waals surface area contributed by atoms with Gasteiger partial charge in [-0.25, -0.2) is 0 Å². The predicted octanol–water partition coefficient (Wildman–Crippen LogP) is 3.58. The molecule has 0 radical (unpaired) electrons. The zero-order valence-electron chi connectivity index (χ0n) is 10.4. The van der Waals surface area contributed by atoms with E-state index in [1.54, 1.807) is 0 Å². The highest BCUT2D eigenvalue weighted by Gasteiger charge is 2.18. The topological polar surface area (TPSA) is 40.9 Å². The van der Waals surface area contributed by atoms with Crippen LogP contribution in [0.15, 0.2) is 30.3 Å². The molecular formula is C16H17NO. The molecule has 1 aromatic rings. The van der Waals surface area contributed by atoms with Crippen LogP contribution in [0.25, 0.3) is 6.08 Å². The van der Waals surface area contributed by atoms with Crippen LogP contribution < -0.4 is 0 Å². The van der Waals surface area contributed by atoms with Crippen LogP contribution >= 0.6 is 0 Å². The number of allylic oxidation sites excluding steroid dienone is 1. The lowest BCUT2D eigenvalue weighted by atomic mass is 9.82. The van der Waals surface area contributed by atoms with Gasteiger partial charge in [-0.05, 0) is 49.3 Å². The van der Waals surface area contributed by atoms with Crippen molar-refractivity contribution in [3.63, 3.8) is 0 Å². The normalized spacial score (nSPS) is 23.7. The van der Waals surface area contributed by atoms with Crippen LogP contribution in [0.3, 0.4) is 0 Å². The first-order chi connectivity index (χ1) is 8.81. The molecule has 0 saturated heterocycles. The number of carbonyl (C=O) groups is 1. The molecule has 2 nitrogen and oxygen atoms in total. The van der Waals surface area contributed by atoms with Gasteiger partial charge in [-0.1, -0.05) is 24.3 Å². The fourth-order valence-electron chi connectivity index (χ4n) is 2.39. The first-order valence-electron chi connectivity index (χ1n) is 6.45. The second kappa shape index (κ2) is 6.16. The molecule has 0 unspecified atom stereocenters. The molecule has 1 fully saturated rings. The Morgan fingerprint density at radius 1 is 1.06 bits per heavy atom. The highest BCUT2D eigenvalue weighted by molar-refractivity contribution is 5.54. The standard InChI is InChI=1S/C16H17NO/c17-11-15-7-3-13(4-8-15)1-2-14-5-9-16(12-18)10-6-14/h1-4,7-8,12,14,16H,5-6,9-10H2/b2-1+. The van der Waals surface area contributed by atoms with Crippen molar-refractivity contribution in [3.05, 3.63) is 41.5 Å². The van der Waals surface area contributed by atoms with Crippen LogP contribution in [-0.2, 0) is 4.79 Å². The zero-order chi connectivity index (χ0) is 12.8. The summed E-state index contributed by atoms with van der Waals surface area (Å²) >= 11 is 0. The molecule has 2 heteroatoms. The highest BCUT2D eigenvalue weighted by atomic mass is 16.1. The second-order valence-corrected chi connectivity index (χ2v) is 4.90. The summed E-state index contributed by atoms with van der Waals surface area (Å²) in [7, 11) is 0. The van der Waals surface area contributed by atoms with E-state index in [0.29, 0.717) is 11.5 Å². The molecule has 1 saturated carbocycles. The van der Waals surface area contributed by atoms with E-state index in [1.807, 2.05) is 24.3 Å². The third-order valence-corrected chi connectivity index (χ3v) is 3.61. The molecule has 1 aromatic carbocycles. The quantitative estimate of drug-likeness (QED) is 0.756. The Hall–Kier alpha value is -1.88. The number of carbonyl (C=O) groups excluding carboxylic acids is 1. The van der Waals surface area contributed by atoms with Gasteiger partial charge in [0.2, 0.25) is 0 Å². The molecule has 0 bridgehead atoms. The molecule has 2 rings (SSSR count). The summed E-state index contributed by atoms with van der Waals surface area (Å²) in [6, 6.07) is 9.72. The lowest BCUT2D eigenvalue weighted by molar-refractivity contribution is -0.112. The molecule has 92 valence electrons. The third-order valence-electron chi connectivity index (χ3n) is 3.61. The van der Waals surface area contributed by atoms with Crippen molar-refractivity contribution in [1.29, 1.82) is 5.26 Å². The van der Waals surface area contributed by atoms with E-state index in [1.165, 1.54) is 0 Å². The minimum Gasteiger partial charge on any atom is -0.303 e. The van der Waals surface area contributed by atoms with Crippen LogP contribution in [0.1, 0.15) is 36.8 Å². The number of rotatable bonds is 3. The van der Waals surface area contributed by atoms with Gasteiger partial charge < -0.3 is 4.79 Å². The van der Waals surface area contributed by atoms with Crippen molar-refractivity contribution in [2.24, 2.45) is 11.8 Å². The fraction of sp³-hybridized carbons (Fsp3) is 0.375. The van der Waals surface area contributed by atoms with Gasteiger partial charge in [0, 0.05) is 5.92 Å². The number of benzene rings is 1. The maximum absolute atomic E-state index is 10.7. The van der Waals surface area contributed by atoms with Gasteiger partial charge in [0.25, 0.3) is 0 Å². The van der Waals surface area contributed by atoms with Crippen LogP contribution in [0.4, 0.5) is 0 Å². The van der Waals surface area contributed by atoms with Gasteiger partial charge in [-0.15, -0.1) is 0 Å². The molecule has 18 heavy (non-hydrogen) atoms. The Labute approximate surface area is 108 Å². The largest absolute Gasteiger partial charge is 0.303 e. The van der Waals surface area contributed by atoms with Gasteiger partial charge in [-0.2, -0.15) is 5.26 Å². The summed E-state index contributed by atoms with van der Waals surface area (Å²) in [5.41, 5.74) is 1.82. The van der Waals surface area contributed by atoms with Crippen LogP contribution in [0.5, 0.6) is 0 Å². The summed E-state index contributed by atoms with van der Waals surface area (Å²) in [5.74, 6) is 0.876. The number of hydrogen-bond acceptors (Lipinski definition) is 2. The van der Waals surface area contributed by atoms with Crippen LogP contribution in [-0.4, -0.2) is 6.29 Å². The average molecular weight is 239 g/mol. The first-order valence-corrected chi connectivity index (χ1v) is 6.45. The average Bonchev–Trinajstić information content (AvgIpc) is 2.46.